The number of hydrogen-bond donors (Lipinski definition) is 2. The molecule has 0 aliphatic heterocycles. The maximum Gasteiger partial charge on any atom is 0.340 e. The number of methoxy groups -OCH3 is 1. The van der Waals surface area contributed by atoms with Gasteiger partial charge in [0.1, 0.15) is 12.4 Å². The van der Waals surface area contributed by atoms with Crippen molar-refractivity contribution in [3.05, 3.63) is 53.6 Å². The van der Waals surface area contributed by atoms with Crippen molar-refractivity contribution in [2.45, 2.75) is 11.5 Å². The number of nitrogens with one attached hydrogen (secondary N) is 1. The second-order valence-corrected chi connectivity index (χ2v) is 8.19. The largest absolute Gasteiger partial charge is 0.496 e. The molecule has 2 N–H and O–H groups in total. The van der Waals surface area contributed by atoms with Gasteiger partial charge in [-0.2, -0.15) is 0 Å². The van der Waals surface area contributed by atoms with E-state index in [9.17, 15) is 13.2 Å². The molecule has 0 bridgehead atoms. The van der Waals surface area contributed by atoms with Crippen LogP contribution in [-0.2, 0) is 21.4 Å². The Morgan fingerprint density at radius 3 is 2.54 bits per heavy atom. The molecule has 0 aliphatic rings. The number of aliphatic hydroxyl groups is 1. The summed E-state index contributed by atoms with van der Waals surface area (Å²) in [7, 11) is 0.621. The van der Waals surface area contributed by atoms with Crippen LogP contribution >= 0.6 is 0 Å². The summed E-state index contributed by atoms with van der Waals surface area (Å²) >= 11 is 0. The highest BCUT2D eigenvalue weighted by molar-refractivity contribution is 7.89. The summed E-state index contributed by atoms with van der Waals surface area (Å²) in [5.74, 6) is -0.111. The van der Waals surface area contributed by atoms with E-state index in [4.69, 9.17) is 14.6 Å². The van der Waals surface area contributed by atoms with Crippen LogP contribution in [0.15, 0.2) is 47.4 Å². The molecule has 2 aromatic rings. The fourth-order valence-electron chi connectivity index (χ4n) is 2.45. The first-order valence-electron chi connectivity index (χ1n) is 8.51. The highest BCUT2D eigenvalue weighted by Crippen LogP contribution is 2.24. The standard InChI is InChI=1S/C19H24N2O6S/c1-21(2)28(24,25)15-8-9-17(20-10-11-22)16(12-15)19(23)27-13-14-6-4-5-7-18(14)26-3/h4-9,12,20,22H,10-11,13H2,1-3H3. The second-order valence-electron chi connectivity index (χ2n) is 6.03. The van der Waals surface area contributed by atoms with Gasteiger partial charge in [-0.15, -0.1) is 0 Å². The Kier molecular flexibility index (Phi) is 7.38. The van der Waals surface area contributed by atoms with Gasteiger partial charge in [-0.1, -0.05) is 18.2 Å². The number of benzene rings is 2. The Bertz CT molecular complexity index is 928. The van der Waals surface area contributed by atoms with Gasteiger partial charge in [0.15, 0.2) is 0 Å². The third-order valence-electron chi connectivity index (χ3n) is 3.97. The molecule has 2 aromatic carbocycles. The van der Waals surface area contributed by atoms with E-state index in [1.54, 1.807) is 24.3 Å². The van der Waals surface area contributed by atoms with E-state index >= 15 is 0 Å². The van der Waals surface area contributed by atoms with Gasteiger partial charge in [-0.25, -0.2) is 17.5 Å². The molecule has 28 heavy (non-hydrogen) atoms. The van der Waals surface area contributed by atoms with Gasteiger partial charge in [0, 0.05) is 31.9 Å². The highest BCUT2D eigenvalue weighted by Gasteiger charge is 2.22. The van der Waals surface area contributed by atoms with Crippen molar-refractivity contribution in [3.8, 4) is 5.75 Å². The van der Waals surface area contributed by atoms with Crippen molar-refractivity contribution >= 4 is 21.7 Å². The zero-order valence-corrected chi connectivity index (χ0v) is 16.8. The Morgan fingerprint density at radius 2 is 1.89 bits per heavy atom. The SMILES string of the molecule is COc1ccccc1COC(=O)c1cc(S(=O)(=O)N(C)C)ccc1NCCO. The van der Waals surface area contributed by atoms with Crippen LogP contribution in [0.5, 0.6) is 5.75 Å². The smallest absolute Gasteiger partial charge is 0.340 e. The first kappa shape index (κ1) is 21.7. The topological polar surface area (TPSA) is 105 Å². The van der Waals surface area contributed by atoms with E-state index in [0.29, 0.717) is 17.0 Å². The molecular formula is C19H24N2O6S. The third-order valence-corrected chi connectivity index (χ3v) is 5.78. The molecule has 0 amide bonds. The zero-order valence-electron chi connectivity index (χ0n) is 16.0. The normalized spacial score (nSPS) is 11.3. The van der Waals surface area contributed by atoms with Crippen LogP contribution in [0.3, 0.4) is 0 Å². The van der Waals surface area contributed by atoms with Crippen LogP contribution in [0, 0.1) is 0 Å². The number of carbonyl (C=O) groups is 1. The van der Waals surface area contributed by atoms with Gasteiger partial charge in [-0.05, 0) is 24.3 Å². The monoisotopic (exact) mass is 408 g/mol. The number of ether oxygens (including phenoxy) is 2. The van der Waals surface area contributed by atoms with Crippen LogP contribution in [0.1, 0.15) is 15.9 Å². The molecule has 0 saturated carbocycles. The van der Waals surface area contributed by atoms with E-state index in [1.807, 2.05) is 0 Å². The Morgan fingerprint density at radius 1 is 1.18 bits per heavy atom. The fourth-order valence-corrected chi connectivity index (χ4v) is 3.38. The molecule has 0 unspecified atom stereocenters. The Hall–Kier alpha value is -2.62. The summed E-state index contributed by atoms with van der Waals surface area (Å²) in [5.41, 5.74) is 1.11. The predicted molar refractivity (Wildman–Crippen MR) is 105 cm³/mol. The predicted octanol–water partition coefficient (Wildman–Crippen LogP) is 1.71. The maximum atomic E-state index is 12.7. The van der Waals surface area contributed by atoms with Crippen molar-refractivity contribution < 1.29 is 27.8 Å². The average Bonchev–Trinajstić information content (AvgIpc) is 2.70. The quantitative estimate of drug-likeness (QED) is 0.609. The molecule has 0 fully saturated rings. The summed E-state index contributed by atoms with van der Waals surface area (Å²) in [5, 5.41) is 11.9. The van der Waals surface area contributed by atoms with E-state index in [2.05, 4.69) is 5.32 Å². The van der Waals surface area contributed by atoms with Gasteiger partial charge in [-0.3, -0.25) is 0 Å². The summed E-state index contributed by atoms with van der Waals surface area (Å²) < 4.78 is 36.5. The van der Waals surface area contributed by atoms with Crippen molar-refractivity contribution in [1.29, 1.82) is 0 Å². The highest BCUT2D eigenvalue weighted by atomic mass is 32.2. The Balaban J connectivity index is 2.32. The third kappa shape index (κ3) is 5.00. The Labute approximate surface area is 164 Å². The minimum absolute atomic E-state index is 0.0312. The molecular weight excluding hydrogens is 384 g/mol. The molecule has 0 atom stereocenters. The average molecular weight is 408 g/mol. The first-order chi connectivity index (χ1) is 13.3. The number of carbonyl (C=O) groups excluding carboxylic acids is 1. The molecule has 0 spiro atoms. The van der Waals surface area contributed by atoms with E-state index in [1.165, 1.54) is 39.4 Å². The number of anilines is 1. The molecule has 152 valence electrons. The summed E-state index contributed by atoms with van der Waals surface area (Å²) in [6.45, 7) is 0.0208. The summed E-state index contributed by atoms with van der Waals surface area (Å²) in [6, 6.07) is 11.3. The minimum Gasteiger partial charge on any atom is -0.496 e. The second kappa shape index (κ2) is 9.54. The van der Waals surface area contributed by atoms with Crippen molar-refractivity contribution in [1.82, 2.24) is 4.31 Å². The van der Waals surface area contributed by atoms with Crippen LogP contribution in [0.4, 0.5) is 5.69 Å². The molecule has 0 aromatic heterocycles. The number of aliphatic hydroxyl groups excluding tert-OH is 1. The van der Waals surface area contributed by atoms with E-state index in [0.717, 1.165) is 4.31 Å². The molecule has 0 aliphatic carbocycles. The lowest BCUT2D eigenvalue weighted by molar-refractivity contribution is 0.0471. The molecule has 0 saturated heterocycles. The van der Waals surface area contributed by atoms with Gasteiger partial charge < -0.3 is 19.9 Å². The lowest BCUT2D eigenvalue weighted by atomic mass is 10.1. The van der Waals surface area contributed by atoms with Crippen molar-refractivity contribution in [3.63, 3.8) is 0 Å². The van der Waals surface area contributed by atoms with Crippen molar-refractivity contribution in [2.75, 3.05) is 39.7 Å². The number of hydrogen-bond acceptors (Lipinski definition) is 7. The molecule has 9 heteroatoms. The molecule has 8 nitrogen and oxygen atoms in total. The van der Waals surface area contributed by atoms with E-state index in [-0.39, 0.29) is 30.2 Å². The van der Waals surface area contributed by atoms with Gasteiger partial charge in [0.05, 0.1) is 24.2 Å². The summed E-state index contributed by atoms with van der Waals surface area (Å²) in [4.78, 5) is 12.6. The fraction of sp³-hybridized carbons (Fsp3) is 0.316. The lowest BCUT2D eigenvalue weighted by Crippen LogP contribution is -2.23. The number of nitrogens with zero attached hydrogens (tertiary/aromatic N) is 1. The van der Waals surface area contributed by atoms with Crippen LogP contribution in [0.2, 0.25) is 0 Å². The van der Waals surface area contributed by atoms with E-state index < -0.39 is 16.0 Å². The first-order valence-corrected chi connectivity index (χ1v) is 9.95. The maximum absolute atomic E-state index is 12.7. The minimum atomic E-state index is -3.72. The molecule has 0 radical (unpaired) electrons. The lowest BCUT2D eigenvalue weighted by Gasteiger charge is -2.16. The number of para-hydroxylation sites is 1. The summed E-state index contributed by atoms with van der Waals surface area (Å²) in [6.07, 6.45) is 0. The van der Waals surface area contributed by atoms with Gasteiger partial charge in [0.2, 0.25) is 10.0 Å². The molecule has 0 heterocycles. The van der Waals surface area contributed by atoms with Crippen LogP contribution in [-0.4, -0.2) is 58.2 Å². The number of sulfonamides is 1. The zero-order chi connectivity index (χ0) is 20.7. The van der Waals surface area contributed by atoms with Gasteiger partial charge >= 0.3 is 5.97 Å². The van der Waals surface area contributed by atoms with Crippen molar-refractivity contribution in [2.24, 2.45) is 0 Å². The number of rotatable bonds is 9. The van der Waals surface area contributed by atoms with Crippen LogP contribution in [0.25, 0.3) is 0 Å². The number of esters is 1. The van der Waals surface area contributed by atoms with Gasteiger partial charge in [0.25, 0.3) is 0 Å². The molecule has 2 rings (SSSR count). The van der Waals surface area contributed by atoms with Crippen LogP contribution < -0.4 is 10.1 Å².